The quantitative estimate of drug-likeness (QED) is 0.886. The second-order valence-electron chi connectivity index (χ2n) is 4.80. The van der Waals surface area contributed by atoms with Crippen molar-refractivity contribution < 1.29 is 14.7 Å². The average Bonchev–Trinajstić information content (AvgIpc) is 2.80. The predicted octanol–water partition coefficient (Wildman–Crippen LogP) is 1.72. The highest BCUT2D eigenvalue weighted by Crippen LogP contribution is 2.17. The fourth-order valence-corrected chi connectivity index (χ4v) is 2.98. The molecule has 1 fully saturated rings. The van der Waals surface area contributed by atoms with Crippen LogP contribution in [0.4, 0.5) is 4.79 Å². The van der Waals surface area contributed by atoms with Gasteiger partial charge in [-0.15, -0.1) is 11.3 Å². The molecule has 1 aromatic heterocycles. The maximum Gasteiger partial charge on any atom is 0.326 e. The van der Waals surface area contributed by atoms with Crippen LogP contribution in [0.25, 0.3) is 0 Å². The Hall–Kier alpha value is -1.63. The maximum atomic E-state index is 12.1. The molecule has 7 heteroatoms. The van der Waals surface area contributed by atoms with Gasteiger partial charge in [-0.05, 0) is 12.8 Å². The van der Waals surface area contributed by atoms with Gasteiger partial charge < -0.3 is 15.3 Å². The smallest absolute Gasteiger partial charge is 0.326 e. The van der Waals surface area contributed by atoms with E-state index < -0.39 is 12.0 Å². The molecular weight excluding hydrogens is 278 g/mol. The number of aromatic nitrogens is 1. The van der Waals surface area contributed by atoms with Crippen molar-refractivity contribution >= 4 is 23.3 Å². The molecule has 0 spiro atoms. The third kappa shape index (κ3) is 3.93. The van der Waals surface area contributed by atoms with Crippen LogP contribution in [0.5, 0.6) is 0 Å². The lowest BCUT2D eigenvalue weighted by Crippen LogP contribution is -2.49. The fourth-order valence-electron chi connectivity index (χ4n) is 2.36. The predicted molar refractivity (Wildman–Crippen MR) is 75.8 cm³/mol. The Morgan fingerprint density at radius 3 is 3.00 bits per heavy atom. The highest BCUT2D eigenvalue weighted by atomic mass is 32.1. The molecule has 1 atom stereocenters. The molecule has 2 heterocycles. The van der Waals surface area contributed by atoms with Gasteiger partial charge in [0.2, 0.25) is 0 Å². The highest BCUT2D eigenvalue weighted by molar-refractivity contribution is 7.09. The van der Waals surface area contributed by atoms with Gasteiger partial charge in [0.1, 0.15) is 6.04 Å². The van der Waals surface area contributed by atoms with E-state index in [0.29, 0.717) is 25.9 Å². The summed E-state index contributed by atoms with van der Waals surface area (Å²) in [4.78, 5) is 29.0. The fraction of sp³-hybridized carbons (Fsp3) is 0.615. The molecule has 1 unspecified atom stereocenters. The SMILES string of the molecule is O=C(O)C1CCCCCN1C(=O)NCCc1nccs1. The van der Waals surface area contributed by atoms with E-state index >= 15 is 0 Å². The molecule has 0 bridgehead atoms. The number of hydrogen-bond acceptors (Lipinski definition) is 4. The van der Waals surface area contributed by atoms with Gasteiger partial charge in [-0.1, -0.05) is 12.8 Å². The summed E-state index contributed by atoms with van der Waals surface area (Å²) >= 11 is 1.55. The topological polar surface area (TPSA) is 82.5 Å². The molecule has 1 saturated heterocycles. The van der Waals surface area contributed by atoms with Crippen molar-refractivity contribution in [3.8, 4) is 0 Å². The van der Waals surface area contributed by atoms with E-state index in [4.69, 9.17) is 0 Å². The molecule has 2 N–H and O–H groups in total. The molecule has 2 amide bonds. The summed E-state index contributed by atoms with van der Waals surface area (Å²) < 4.78 is 0. The standard InChI is InChI=1S/C13H19N3O3S/c17-12(18)10-4-2-1-3-8-16(10)13(19)15-6-5-11-14-7-9-20-11/h7,9-10H,1-6,8H2,(H,15,19)(H,17,18). The first-order valence-corrected chi connectivity index (χ1v) is 7.72. The van der Waals surface area contributed by atoms with E-state index in [1.165, 1.54) is 4.90 Å². The molecule has 1 aromatic rings. The van der Waals surface area contributed by atoms with Crippen molar-refractivity contribution in [2.24, 2.45) is 0 Å². The number of hydrogen-bond donors (Lipinski definition) is 2. The van der Waals surface area contributed by atoms with Gasteiger partial charge in [-0.2, -0.15) is 0 Å². The van der Waals surface area contributed by atoms with Crippen molar-refractivity contribution in [2.45, 2.75) is 38.1 Å². The zero-order valence-electron chi connectivity index (χ0n) is 11.2. The van der Waals surface area contributed by atoms with E-state index in [9.17, 15) is 14.7 Å². The van der Waals surface area contributed by atoms with Crippen molar-refractivity contribution in [3.63, 3.8) is 0 Å². The number of nitrogens with zero attached hydrogens (tertiary/aromatic N) is 2. The number of thiazole rings is 1. The molecule has 0 aliphatic carbocycles. The Morgan fingerprint density at radius 2 is 2.30 bits per heavy atom. The van der Waals surface area contributed by atoms with Crippen LogP contribution in [0.2, 0.25) is 0 Å². The molecular formula is C13H19N3O3S. The van der Waals surface area contributed by atoms with E-state index in [2.05, 4.69) is 10.3 Å². The van der Waals surface area contributed by atoms with Crippen molar-refractivity contribution in [2.75, 3.05) is 13.1 Å². The summed E-state index contributed by atoms with van der Waals surface area (Å²) in [5.74, 6) is -0.915. The van der Waals surface area contributed by atoms with Gasteiger partial charge in [0, 0.05) is 31.1 Å². The van der Waals surface area contributed by atoms with Crippen molar-refractivity contribution in [3.05, 3.63) is 16.6 Å². The second kappa shape index (κ2) is 7.23. The Bertz CT molecular complexity index is 450. The van der Waals surface area contributed by atoms with E-state index in [-0.39, 0.29) is 6.03 Å². The molecule has 2 rings (SSSR count). The molecule has 110 valence electrons. The number of urea groups is 1. The Labute approximate surface area is 121 Å². The van der Waals surface area contributed by atoms with Crippen LogP contribution in [-0.2, 0) is 11.2 Å². The maximum absolute atomic E-state index is 12.1. The minimum absolute atomic E-state index is 0.282. The Morgan fingerprint density at radius 1 is 1.45 bits per heavy atom. The van der Waals surface area contributed by atoms with Gasteiger partial charge >= 0.3 is 12.0 Å². The zero-order chi connectivity index (χ0) is 14.4. The molecule has 1 aliphatic heterocycles. The first kappa shape index (κ1) is 14.8. The minimum atomic E-state index is -0.915. The number of carboxylic acid groups (broad SMARTS) is 1. The molecule has 0 aromatic carbocycles. The Kier molecular flexibility index (Phi) is 5.34. The summed E-state index contributed by atoms with van der Waals surface area (Å²) in [6, 6.07) is -0.979. The van der Waals surface area contributed by atoms with Gasteiger partial charge in [0.05, 0.1) is 5.01 Å². The largest absolute Gasteiger partial charge is 0.480 e. The number of carboxylic acids is 1. The molecule has 0 saturated carbocycles. The first-order chi connectivity index (χ1) is 9.68. The van der Waals surface area contributed by atoms with Crippen molar-refractivity contribution in [1.82, 2.24) is 15.2 Å². The van der Waals surface area contributed by atoms with Crippen LogP contribution >= 0.6 is 11.3 Å². The van der Waals surface area contributed by atoms with E-state index in [1.54, 1.807) is 17.5 Å². The molecule has 0 radical (unpaired) electrons. The number of rotatable bonds is 4. The van der Waals surface area contributed by atoms with Crippen LogP contribution in [0.3, 0.4) is 0 Å². The van der Waals surface area contributed by atoms with Crippen LogP contribution in [-0.4, -0.2) is 46.1 Å². The first-order valence-electron chi connectivity index (χ1n) is 6.84. The Balaban J connectivity index is 1.86. The van der Waals surface area contributed by atoms with Gasteiger partial charge in [0.25, 0.3) is 0 Å². The number of amides is 2. The number of carbonyl (C=O) groups excluding carboxylic acids is 1. The van der Waals surface area contributed by atoms with Crippen LogP contribution in [0.15, 0.2) is 11.6 Å². The monoisotopic (exact) mass is 297 g/mol. The van der Waals surface area contributed by atoms with Crippen molar-refractivity contribution in [1.29, 1.82) is 0 Å². The lowest BCUT2D eigenvalue weighted by atomic mass is 10.1. The summed E-state index contributed by atoms with van der Waals surface area (Å²) in [7, 11) is 0. The summed E-state index contributed by atoms with van der Waals surface area (Å²) in [5.41, 5.74) is 0. The van der Waals surface area contributed by atoms with E-state index in [0.717, 1.165) is 24.3 Å². The normalized spacial score (nSPS) is 19.4. The van der Waals surface area contributed by atoms with Crippen LogP contribution in [0, 0.1) is 0 Å². The average molecular weight is 297 g/mol. The lowest BCUT2D eigenvalue weighted by molar-refractivity contribution is -0.142. The summed E-state index contributed by atoms with van der Waals surface area (Å²) in [5, 5.41) is 14.9. The van der Waals surface area contributed by atoms with Gasteiger partial charge in [-0.3, -0.25) is 0 Å². The lowest BCUT2D eigenvalue weighted by Gasteiger charge is -2.27. The molecule has 20 heavy (non-hydrogen) atoms. The molecule has 6 nitrogen and oxygen atoms in total. The van der Waals surface area contributed by atoms with Crippen LogP contribution in [0.1, 0.15) is 30.7 Å². The number of likely N-dealkylation sites (tertiary alicyclic amines) is 1. The zero-order valence-corrected chi connectivity index (χ0v) is 12.1. The third-order valence-electron chi connectivity index (χ3n) is 3.40. The number of aliphatic carboxylic acids is 1. The number of nitrogens with one attached hydrogen (secondary N) is 1. The third-order valence-corrected chi connectivity index (χ3v) is 4.24. The minimum Gasteiger partial charge on any atom is -0.480 e. The molecule has 1 aliphatic rings. The summed E-state index contributed by atoms with van der Waals surface area (Å²) in [6.07, 6.45) is 5.65. The van der Waals surface area contributed by atoms with E-state index in [1.807, 2.05) is 5.38 Å². The van der Waals surface area contributed by atoms with Gasteiger partial charge in [0.15, 0.2) is 0 Å². The second-order valence-corrected chi connectivity index (χ2v) is 5.78. The van der Waals surface area contributed by atoms with Gasteiger partial charge in [-0.25, -0.2) is 14.6 Å². The summed E-state index contributed by atoms with van der Waals surface area (Å²) in [6.45, 7) is 0.995. The van der Waals surface area contributed by atoms with Crippen LogP contribution < -0.4 is 5.32 Å². The highest BCUT2D eigenvalue weighted by Gasteiger charge is 2.30. The number of carbonyl (C=O) groups is 2.